The number of aromatic nitrogens is 2. The van der Waals surface area contributed by atoms with E-state index in [1.54, 1.807) is 30.4 Å². The van der Waals surface area contributed by atoms with Crippen LogP contribution >= 0.6 is 0 Å². The van der Waals surface area contributed by atoms with Crippen molar-refractivity contribution >= 4 is 21.8 Å². The Kier molecular flexibility index (Phi) is 4.23. The zero-order chi connectivity index (χ0) is 18.6. The third kappa shape index (κ3) is 3.45. The normalized spacial score (nSPS) is 25.8. The first-order valence-electron chi connectivity index (χ1n) is 8.21. The summed E-state index contributed by atoms with van der Waals surface area (Å²) in [6.07, 6.45) is 0.115. The van der Waals surface area contributed by atoms with Crippen LogP contribution in [0, 0.1) is 0 Å². The summed E-state index contributed by atoms with van der Waals surface area (Å²) >= 11 is 0. The quantitative estimate of drug-likeness (QED) is 0.771. The molecule has 2 atom stereocenters. The average Bonchev–Trinajstić information content (AvgIpc) is 2.94. The molecule has 2 aliphatic heterocycles. The molecule has 1 unspecified atom stereocenters. The average molecular weight is 372 g/mol. The Morgan fingerprint density at radius 3 is 2.60 bits per heavy atom. The van der Waals surface area contributed by atoms with Crippen molar-refractivity contribution < 1.29 is 23.1 Å². The van der Waals surface area contributed by atoms with Gasteiger partial charge in [-0.15, -0.1) is 0 Å². The molecule has 25 heavy (non-hydrogen) atoms. The maximum absolute atomic E-state index is 12.5. The molecule has 3 heterocycles. The summed E-state index contributed by atoms with van der Waals surface area (Å²) in [5.41, 5.74) is 0.429. The second-order valence-electron chi connectivity index (χ2n) is 7.58. The van der Waals surface area contributed by atoms with Crippen LogP contribution in [0.5, 0.6) is 0 Å². The molecule has 0 saturated carbocycles. The highest BCUT2D eigenvalue weighted by Crippen LogP contribution is 2.32. The Morgan fingerprint density at radius 2 is 2.04 bits per heavy atom. The topological polar surface area (TPSA) is 105 Å². The van der Waals surface area contributed by atoms with Gasteiger partial charge in [0.05, 0.1) is 55.1 Å². The third-order valence-electron chi connectivity index (χ3n) is 4.23. The van der Waals surface area contributed by atoms with Crippen LogP contribution in [0.15, 0.2) is 6.20 Å². The Morgan fingerprint density at radius 1 is 1.36 bits per heavy atom. The maximum atomic E-state index is 12.5. The summed E-state index contributed by atoms with van der Waals surface area (Å²) in [5.74, 6) is -0.302. The summed E-state index contributed by atoms with van der Waals surface area (Å²) < 4.78 is 32.8. The lowest BCUT2D eigenvalue weighted by atomic mass is 10.2. The number of β-amino-alcohol motifs (C(OH)–C–C–N with tert-alkyl or cyclic N) is 1. The minimum absolute atomic E-state index is 0.00299. The summed E-state index contributed by atoms with van der Waals surface area (Å²) in [7, 11) is -3.58. The fourth-order valence-electron chi connectivity index (χ4n) is 3.10. The summed E-state index contributed by atoms with van der Waals surface area (Å²) in [6, 6.07) is -0.129. The largest absolute Gasteiger partial charge is 0.444 e. The van der Waals surface area contributed by atoms with E-state index in [4.69, 9.17) is 4.74 Å². The number of aliphatic hydroxyl groups is 1. The number of nitrogens with zero attached hydrogens (tertiary/aromatic N) is 4. The van der Waals surface area contributed by atoms with E-state index in [9.17, 15) is 18.3 Å². The molecule has 1 aromatic rings. The number of fused-ring (bicyclic) bond motifs is 1. The molecule has 1 N–H and O–H groups in total. The molecule has 2 aliphatic rings. The van der Waals surface area contributed by atoms with E-state index in [0.717, 1.165) is 0 Å². The monoisotopic (exact) mass is 372 g/mol. The third-order valence-corrected chi connectivity index (χ3v) is 6.05. The standard InChI is InChI=1S/C15H24N4O5S/c1-10-6-18-13(8-17(10)14(21)24-15(2,3)4)12(5-16-18)19-7-11(20)9-25(19,22)23/h5,10-11,20H,6-9H2,1-4H3/t10-,11?/m0/s1. The van der Waals surface area contributed by atoms with E-state index in [2.05, 4.69) is 5.10 Å². The number of rotatable bonds is 1. The molecule has 1 amide bonds. The number of sulfonamides is 1. The summed E-state index contributed by atoms with van der Waals surface area (Å²) in [5, 5.41) is 14.0. The molecule has 1 aromatic heterocycles. The molecule has 1 saturated heterocycles. The van der Waals surface area contributed by atoms with Crippen molar-refractivity contribution in [2.75, 3.05) is 16.6 Å². The van der Waals surface area contributed by atoms with E-state index in [1.807, 2.05) is 6.92 Å². The highest BCUT2D eigenvalue weighted by molar-refractivity contribution is 7.93. The minimum atomic E-state index is -3.58. The van der Waals surface area contributed by atoms with Gasteiger partial charge in [-0.2, -0.15) is 5.10 Å². The van der Waals surface area contributed by atoms with E-state index in [1.165, 1.54) is 10.5 Å². The van der Waals surface area contributed by atoms with Gasteiger partial charge in [0.2, 0.25) is 10.0 Å². The highest BCUT2D eigenvalue weighted by atomic mass is 32.2. The van der Waals surface area contributed by atoms with Gasteiger partial charge in [-0.25, -0.2) is 13.2 Å². The van der Waals surface area contributed by atoms with Gasteiger partial charge in [-0.05, 0) is 27.7 Å². The fourth-order valence-corrected chi connectivity index (χ4v) is 4.72. The van der Waals surface area contributed by atoms with Gasteiger partial charge in [0.25, 0.3) is 0 Å². The number of carbonyl (C=O) groups is 1. The highest BCUT2D eigenvalue weighted by Gasteiger charge is 2.40. The van der Waals surface area contributed by atoms with Crippen LogP contribution in [0.4, 0.5) is 10.5 Å². The molecule has 1 fully saturated rings. The summed E-state index contributed by atoms with van der Waals surface area (Å²) in [4.78, 5) is 14.0. The van der Waals surface area contributed by atoms with Crippen molar-refractivity contribution in [3.05, 3.63) is 11.9 Å². The second-order valence-corrected chi connectivity index (χ2v) is 9.52. The molecular formula is C15H24N4O5S. The number of aliphatic hydroxyl groups excluding tert-OH is 1. The molecule has 0 spiro atoms. The molecule has 3 rings (SSSR count). The number of ether oxygens (including phenoxy) is 1. The van der Waals surface area contributed by atoms with Gasteiger partial charge in [0.15, 0.2) is 0 Å². The first kappa shape index (κ1) is 18.0. The Bertz CT molecular complexity index is 782. The predicted octanol–water partition coefficient (Wildman–Crippen LogP) is 0.533. The van der Waals surface area contributed by atoms with E-state index in [-0.39, 0.29) is 24.9 Å². The molecule has 10 heteroatoms. The SMILES string of the molecule is C[C@H]1Cn2ncc(N3CC(O)CS3(=O)=O)c2CN1C(=O)OC(C)(C)C. The van der Waals surface area contributed by atoms with Crippen LogP contribution in [0.25, 0.3) is 0 Å². The van der Waals surface area contributed by atoms with Crippen LogP contribution in [-0.4, -0.2) is 64.3 Å². The minimum Gasteiger partial charge on any atom is -0.444 e. The molecule has 0 aromatic carbocycles. The number of anilines is 1. The number of hydrogen-bond acceptors (Lipinski definition) is 6. The van der Waals surface area contributed by atoms with Crippen molar-refractivity contribution in [2.45, 2.75) is 58.5 Å². The van der Waals surface area contributed by atoms with Gasteiger partial charge in [-0.1, -0.05) is 0 Å². The predicted molar refractivity (Wildman–Crippen MR) is 90.6 cm³/mol. The zero-order valence-corrected chi connectivity index (χ0v) is 15.7. The molecule has 9 nitrogen and oxygen atoms in total. The fraction of sp³-hybridized carbons (Fsp3) is 0.733. The van der Waals surface area contributed by atoms with Gasteiger partial charge in [0, 0.05) is 0 Å². The van der Waals surface area contributed by atoms with Crippen LogP contribution in [-0.2, 0) is 27.8 Å². The van der Waals surface area contributed by atoms with Gasteiger partial charge in [0.1, 0.15) is 5.60 Å². The zero-order valence-electron chi connectivity index (χ0n) is 14.8. The van der Waals surface area contributed by atoms with E-state index >= 15 is 0 Å². The lowest BCUT2D eigenvalue weighted by molar-refractivity contribution is 0.00913. The van der Waals surface area contributed by atoms with E-state index in [0.29, 0.717) is 17.9 Å². The first-order valence-corrected chi connectivity index (χ1v) is 9.81. The molecular weight excluding hydrogens is 348 g/mol. The van der Waals surface area contributed by atoms with Gasteiger partial charge < -0.3 is 9.84 Å². The van der Waals surface area contributed by atoms with Crippen molar-refractivity contribution in [1.82, 2.24) is 14.7 Å². The van der Waals surface area contributed by atoms with Gasteiger partial charge in [-0.3, -0.25) is 13.9 Å². The number of carbonyl (C=O) groups excluding carboxylic acids is 1. The van der Waals surface area contributed by atoms with Crippen molar-refractivity contribution in [3.63, 3.8) is 0 Å². The Balaban J connectivity index is 1.89. The lowest BCUT2D eigenvalue weighted by Crippen LogP contribution is -2.47. The maximum Gasteiger partial charge on any atom is 0.410 e. The van der Waals surface area contributed by atoms with Crippen LogP contribution in [0.3, 0.4) is 0 Å². The van der Waals surface area contributed by atoms with Crippen LogP contribution in [0.2, 0.25) is 0 Å². The number of hydrogen-bond donors (Lipinski definition) is 1. The lowest BCUT2D eigenvalue weighted by Gasteiger charge is -2.36. The van der Waals surface area contributed by atoms with Gasteiger partial charge >= 0.3 is 6.09 Å². The van der Waals surface area contributed by atoms with Crippen LogP contribution in [0.1, 0.15) is 33.4 Å². The van der Waals surface area contributed by atoms with Crippen LogP contribution < -0.4 is 4.31 Å². The first-order chi connectivity index (χ1) is 11.5. The van der Waals surface area contributed by atoms with Crippen molar-refractivity contribution in [1.29, 1.82) is 0 Å². The molecule has 0 radical (unpaired) electrons. The second kappa shape index (κ2) is 5.87. The van der Waals surface area contributed by atoms with Crippen molar-refractivity contribution in [3.8, 4) is 0 Å². The Labute approximate surface area is 147 Å². The smallest absolute Gasteiger partial charge is 0.410 e. The molecule has 140 valence electrons. The number of amides is 1. The molecule has 0 bridgehead atoms. The van der Waals surface area contributed by atoms with E-state index < -0.39 is 27.8 Å². The molecule has 0 aliphatic carbocycles. The Hall–Kier alpha value is -1.81. The van der Waals surface area contributed by atoms with Crippen molar-refractivity contribution in [2.24, 2.45) is 0 Å². The summed E-state index contributed by atoms with van der Waals surface area (Å²) in [6.45, 7) is 7.94.